The van der Waals surface area contributed by atoms with E-state index >= 15 is 0 Å². The zero-order valence-electron chi connectivity index (χ0n) is 10.4. The van der Waals surface area contributed by atoms with Crippen molar-refractivity contribution in [3.05, 3.63) is 59.7 Å². The molecule has 19 heavy (non-hydrogen) atoms. The summed E-state index contributed by atoms with van der Waals surface area (Å²) in [6.07, 6.45) is 0.947. The first-order chi connectivity index (χ1) is 9.40. The number of rotatable bonds is 3. The van der Waals surface area contributed by atoms with Crippen molar-refractivity contribution in [3.63, 3.8) is 0 Å². The molecule has 2 aromatic carbocycles. The van der Waals surface area contributed by atoms with E-state index in [0.717, 1.165) is 17.4 Å². The van der Waals surface area contributed by atoms with Crippen LogP contribution in [0.25, 0.3) is 0 Å². The van der Waals surface area contributed by atoms with Crippen LogP contribution in [0.5, 0.6) is 11.5 Å². The highest BCUT2D eigenvalue weighted by Gasteiger charge is 2.22. The Balaban J connectivity index is 2.07. The number of ether oxygens (including phenoxy) is 2. The molecule has 0 N–H and O–H groups in total. The molecule has 3 heteroatoms. The van der Waals surface area contributed by atoms with Gasteiger partial charge >= 0.3 is 0 Å². The summed E-state index contributed by atoms with van der Waals surface area (Å²) in [5.41, 5.74) is 1.82. The Morgan fingerprint density at radius 1 is 0.947 bits per heavy atom. The topological polar surface area (TPSA) is 35.5 Å². The zero-order chi connectivity index (χ0) is 13.1. The summed E-state index contributed by atoms with van der Waals surface area (Å²) in [5, 5.41) is 0. The van der Waals surface area contributed by atoms with Gasteiger partial charge in [-0.15, -0.1) is 0 Å². The summed E-state index contributed by atoms with van der Waals surface area (Å²) in [6.45, 7) is 1.07. The van der Waals surface area contributed by atoms with Gasteiger partial charge < -0.3 is 14.3 Å². The number of carbonyl (C=O) groups is 1. The Morgan fingerprint density at radius 2 is 1.74 bits per heavy atom. The van der Waals surface area contributed by atoms with Crippen LogP contribution in [-0.2, 0) is 4.79 Å². The molecular formula is C16H14O3. The van der Waals surface area contributed by atoms with Crippen molar-refractivity contribution in [2.75, 3.05) is 13.2 Å². The predicted molar refractivity (Wildman–Crippen MR) is 71.8 cm³/mol. The van der Waals surface area contributed by atoms with Gasteiger partial charge in [0, 0.05) is 5.56 Å². The maximum Gasteiger partial charge on any atom is 0.165 e. The molecule has 0 saturated heterocycles. The highest BCUT2D eigenvalue weighted by Crippen LogP contribution is 2.39. The molecule has 0 saturated carbocycles. The van der Waals surface area contributed by atoms with Crippen LogP contribution in [0, 0.1) is 0 Å². The van der Waals surface area contributed by atoms with Crippen LogP contribution in [0.3, 0.4) is 0 Å². The number of fused-ring (bicyclic) bond motifs is 1. The lowest BCUT2D eigenvalue weighted by Gasteiger charge is -2.23. The lowest BCUT2D eigenvalue weighted by Crippen LogP contribution is -2.17. The highest BCUT2D eigenvalue weighted by atomic mass is 16.6. The van der Waals surface area contributed by atoms with Gasteiger partial charge in [-0.1, -0.05) is 42.5 Å². The second-order valence-electron chi connectivity index (χ2n) is 4.40. The van der Waals surface area contributed by atoms with Gasteiger partial charge in [-0.2, -0.15) is 0 Å². The Hall–Kier alpha value is -2.29. The van der Waals surface area contributed by atoms with Crippen LogP contribution >= 0.6 is 0 Å². The number of benzene rings is 2. The molecular weight excluding hydrogens is 240 g/mol. The van der Waals surface area contributed by atoms with Crippen LogP contribution in [0.15, 0.2) is 48.5 Å². The van der Waals surface area contributed by atoms with Gasteiger partial charge in [0.25, 0.3) is 0 Å². The van der Waals surface area contributed by atoms with E-state index in [1.807, 2.05) is 48.5 Å². The lowest BCUT2D eigenvalue weighted by molar-refractivity contribution is -0.108. The van der Waals surface area contributed by atoms with E-state index in [9.17, 15) is 4.79 Å². The fourth-order valence-electron chi connectivity index (χ4n) is 2.33. The maximum atomic E-state index is 11.5. The molecule has 0 fully saturated rings. The quantitative estimate of drug-likeness (QED) is 0.790. The van der Waals surface area contributed by atoms with Crippen molar-refractivity contribution >= 4 is 6.29 Å². The standard InChI is InChI=1S/C16H14O3/c17-11-14(12-5-2-1-3-6-12)13-7-4-8-15-16(13)19-10-9-18-15/h1-8,11,14H,9-10H2. The molecule has 96 valence electrons. The molecule has 3 nitrogen and oxygen atoms in total. The van der Waals surface area contributed by atoms with Gasteiger partial charge in [-0.05, 0) is 11.6 Å². The highest BCUT2D eigenvalue weighted by molar-refractivity contribution is 5.71. The minimum Gasteiger partial charge on any atom is -0.486 e. The molecule has 0 aliphatic carbocycles. The van der Waals surface area contributed by atoms with Gasteiger partial charge in [0.1, 0.15) is 19.5 Å². The Kier molecular flexibility index (Phi) is 3.19. The van der Waals surface area contributed by atoms with Crippen LogP contribution < -0.4 is 9.47 Å². The summed E-state index contributed by atoms with van der Waals surface area (Å²) in [7, 11) is 0. The smallest absolute Gasteiger partial charge is 0.165 e. The molecule has 0 radical (unpaired) electrons. The third-order valence-electron chi connectivity index (χ3n) is 3.23. The number of para-hydroxylation sites is 1. The normalized spacial score (nSPS) is 14.7. The summed E-state index contributed by atoms with van der Waals surface area (Å²) in [4.78, 5) is 11.5. The van der Waals surface area contributed by atoms with E-state index in [1.54, 1.807) is 0 Å². The van der Waals surface area contributed by atoms with Crippen LogP contribution in [0.2, 0.25) is 0 Å². The Labute approximate surface area is 111 Å². The van der Waals surface area contributed by atoms with Crippen molar-refractivity contribution < 1.29 is 14.3 Å². The van der Waals surface area contributed by atoms with Crippen LogP contribution in [0.4, 0.5) is 0 Å². The van der Waals surface area contributed by atoms with E-state index in [1.165, 1.54) is 0 Å². The largest absolute Gasteiger partial charge is 0.486 e. The van der Waals surface area contributed by atoms with Crippen molar-refractivity contribution in [2.45, 2.75) is 5.92 Å². The van der Waals surface area contributed by atoms with Gasteiger partial charge in [-0.25, -0.2) is 0 Å². The minimum atomic E-state index is -0.321. The molecule has 0 bridgehead atoms. The van der Waals surface area contributed by atoms with E-state index in [4.69, 9.17) is 9.47 Å². The fraction of sp³-hybridized carbons (Fsp3) is 0.188. The van der Waals surface area contributed by atoms with Crippen LogP contribution in [0.1, 0.15) is 17.0 Å². The third kappa shape index (κ3) is 2.19. The van der Waals surface area contributed by atoms with Crippen molar-refractivity contribution in [1.82, 2.24) is 0 Å². The molecule has 1 aliphatic heterocycles. The van der Waals surface area contributed by atoms with Gasteiger partial charge in [0.2, 0.25) is 0 Å². The summed E-state index contributed by atoms with van der Waals surface area (Å²) >= 11 is 0. The van der Waals surface area contributed by atoms with Crippen molar-refractivity contribution in [1.29, 1.82) is 0 Å². The Morgan fingerprint density at radius 3 is 2.53 bits per heavy atom. The summed E-state index contributed by atoms with van der Waals surface area (Å²) in [6, 6.07) is 15.4. The number of carbonyl (C=O) groups excluding carboxylic acids is 1. The average Bonchev–Trinajstić information content (AvgIpc) is 2.49. The molecule has 3 rings (SSSR count). The second kappa shape index (κ2) is 5.14. The van der Waals surface area contributed by atoms with Crippen LogP contribution in [-0.4, -0.2) is 19.5 Å². The fourth-order valence-corrected chi connectivity index (χ4v) is 2.33. The monoisotopic (exact) mass is 254 g/mol. The zero-order valence-corrected chi connectivity index (χ0v) is 10.4. The number of aldehydes is 1. The van der Waals surface area contributed by atoms with Gasteiger partial charge in [0.15, 0.2) is 11.5 Å². The summed E-state index contributed by atoms with van der Waals surface area (Å²) < 4.78 is 11.2. The molecule has 0 amide bonds. The number of hydrogen-bond donors (Lipinski definition) is 0. The second-order valence-corrected chi connectivity index (χ2v) is 4.40. The maximum absolute atomic E-state index is 11.5. The third-order valence-corrected chi connectivity index (χ3v) is 3.23. The van der Waals surface area contributed by atoms with Crippen molar-refractivity contribution in [2.24, 2.45) is 0 Å². The number of hydrogen-bond acceptors (Lipinski definition) is 3. The lowest BCUT2D eigenvalue weighted by atomic mass is 9.91. The first-order valence-corrected chi connectivity index (χ1v) is 6.29. The first kappa shape index (κ1) is 11.8. The predicted octanol–water partition coefficient (Wildman–Crippen LogP) is 2.79. The average molecular weight is 254 g/mol. The molecule has 1 heterocycles. The molecule has 1 unspecified atom stereocenters. The van der Waals surface area contributed by atoms with E-state index < -0.39 is 0 Å². The molecule has 0 spiro atoms. The molecule has 1 atom stereocenters. The SMILES string of the molecule is O=CC(c1ccccc1)c1cccc2c1OCCO2. The molecule has 1 aliphatic rings. The molecule has 2 aromatic rings. The van der Waals surface area contributed by atoms with E-state index in [0.29, 0.717) is 24.7 Å². The van der Waals surface area contributed by atoms with Gasteiger partial charge in [0.05, 0.1) is 5.92 Å². The van der Waals surface area contributed by atoms with Crippen molar-refractivity contribution in [3.8, 4) is 11.5 Å². The molecule has 0 aromatic heterocycles. The van der Waals surface area contributed by atoms with Gasteiger partial charge in [-0.3, -0.25) is 0 Å². The summed E-state index contributed by atoms with van der Waals surface area (Å²) in [5.74, 6) is 1.08. The first-order valence-electron chi connectivity index (χ1n) is 6.29. The Bertz CT molecular complexity index is 578. The van der Waals surface area contributed by atoms with E-state index in [2.05, 4.69) is 0 Å². The minimum absolute atomic E-state index is 0.321. The van der Waals surface area contributed by atoms with E-state index in [-0.39, 0.29) is 5.92 Å².